The SMILES string of the molecule is CCOc1cc(C(=O)NC[C@H](c2cc3c(c(-c4ccc(F)c(Cl)c4)n2)OC[C@]3(C)C(N)=O)C2CC2)cc2oc(C3CC3)nc12. The molecule has 2 aromatic heterocycles. The molecule has 3 N–H and O–H groups in total. The number of carbonyl (C=O) groups excluding carboxylic acids is 2. The Bertz CT molecular complexity index is 1820. The molecule has 0 spiro atoms. The molecule has 44 heavy (non-hydrogen) atoms. The van der Waals surface area contributed by atoms with Crippen molar-refractivity contribution < 1.29 is 27.9 Å². The van der Waals surface area contributed by atoms with Gasteiger partial charge in [-0.25, -0.2) is 14.4 Å². The third kappa shape index (κ3) is 5.04. The molecular formula is C33H32ClFN4O5. The summed E-state index contributed by atoms with van der Waals surface area (Å²) in [6.07, 6.45) is 4.04. The summed E-state index contributed by atoms with van der Waals surface area (Å²) in [7, 11) is 0. The summed E-state index contributed by atoms with van der Waals surface area (Å²) < 4.78 is 31.9. The van der Waals surface area contributed by atoms with E-state index in [0.717, 1.165) is 25.7 Å². The summed E-state index contributed by atoms with van der Waals surface area (Å²) in [5, 5.41) is 3.04. The van der Waals surface area contributed by atoms with Crippen molar-refractivity contribution in [2.24, 2.45) is 11.7 Å². The van der Waals surface area contributed by atoms with Gasteiger partial charge in [-0.2, -0.15) is 0 Å². The number of hydrogen-bond acceptors (Lipinski definition) is 7. The number of aromatic nitrogens is 2. The van der Waals surface area contributed by atoms with Crippen molar-refractivity contribution in [3.63, 3.8) is 0 Å². The number of ether oxygens (including phenoxy) is 2. The van der Waals surface area contributed by atoms with Crippen molar-refractivity contribution in [3.8, 4) is 22.8 Å². The van der Waals surface area contributed by atoms with Gasteiger partial charge in [0.25, 0.3) is 5.91 Å². The van der Waals surface area contributed by atoms with Crippen LogP contribution in [0.15, 0.2) is 40.8 Å². The number of halogens is 2. The average Bonchev–Trinajstić information content (AvgIpc) is 3.94. The van der Waals surface area contributed by atoms with Gasteiger partial charge in [0.05, 0.1) is 11.6 Å². The standard InChI is InChI=1S/C33H32ClFN4O5/c1-3-42-25-11-19(12-26-28(25)39-31(44-26)17-6-7-17)30(40)37-14-20(16-4-5-16)24-13-21-29(43-15-33(21,2)32(36)41)27(38-24)18-8-9-23(35)22(34)10-18/h8-13,16-17,20H,3-7,14-15H2,1-2H3,(H2,36,41)(H,37,40)/t20-,33-/m0/s1. The molecule has 2 atom stereocenters. The molecule has 0 radical (unpaired) electrons. The number of carbonyl (C=O) groups is 2. The van der Waals surface area contributed by atoms with Crippen LogP contribution in [0.2, 0.25) is 5.02 Å². The normalized spacial score (nSPS) is 19.8. The van der Waals surface area contributed by atoms with Gasteiger partial charge >= 0.3 is 0 Å². The minimum absolute atomic E-state index is 0.0514. The zero-order valence-corrected chi connectivity index (χ0v) is 25.2. The Labute approximate surface area is 258 Å². The molecule has 0 unspecified atom stereocenters. The van der Waals surface area contributed by atoms with Gasteiger partial charge in [0.1, 0.15) is 35.0 Å². The first kappa shape index (κ1) is 28.6. The van der Waals surface area contributed by atoms with Crippen LogP contribution >= 0.6 is 11.6 Å². The Morgan fingerprint density at radius 1 is 1.18 bits per heavy atom. The van der Waals surface area contributed by atoms with Crippen LogP contribution in [0.1, 0.15) is 78.9 Å². The summed E-state index contributed by atoms with van der Waals surface area (Å²) >= 11 is 6.13. The number of nitrogens with one attached hydrogen (secondary N) is 1. The minimum Gasteiger partial charge on any atom is -0.491 e. The zero-order valence-electron chi connectivity index (χ0n) is 24.4. The molecule has 4 aromatic rings. The van der Waals surface area contributed by atoms with E-state index in [4.69, 9.17) is 36.2 Å². The molecular weight excluding hydrogens is 587 g/mol. The van der Waals surface area contributed by atoms with Gasteiger partial charge in [-0.05, 0) is 81.8 Å². The van der Waals surface area contributed by atoms with E-state index in [0.29, 0.717) is 75.6 Å². The molecule has 2 fully saturated rings. The fraction of sp³-hybridized carbons (Fsp3) is 0.394. The topological polar surface area (TPSA) is 130 Å². The zero-order chi connectivity index (χ0) is 30.7. The molecule has 2 aliphatic carbocycles. The number of oxazole rings is 1. The fourth-order valence-corrected chi connectivity index (χ4v) is 6.05. The monoisotopic (exact) mass is 618 g/mol. The first-order valence-corrected chi connectivity index (χ1v) is 15.3. The van der Waals surface area contributed by atoms with Crippen LogP contribution in [-0.4, -0.2) is 41.5 Å². The van der Waals surface area contributed by atoms with E-state index >= 15 is 0 Å². The first-order valence-electron chi connectivity index (χ1n) is 14.9. The molecule has 228 valence electrons. The van der Waals surface area contributed by atoms with E-state index in [1.807, 2.05) is 13.0 Å². The molecule has 2 amide bonds. The van der Waals surface area contributed by atoms with Gasteiger partial charge in [0.15, 0.2) is 17.0 Å². The Morgan fingerprint density at radius 3 is 2.66 bits per heavy atom. The third-order valence-corrected chi connectivity index (χ3v) is 9.14. The number of primary amides is 1. The second-order valence-corrected chi connectivity index (χ2v) is 12.5. The van der Waals surface area contributed by atoms with Crippen LogP contribution in [0.5, 0.6) is 11.5 Å². The molecule has 9 nitrogen and oxygen atoms in total. The van der Waals surface area contributed by atoms with Crippen LogP contribution < -0.4 is 20.5 Å². The van der Waals surface area contributed by atoms with E-state index in [1.165, 1.54) is 12.1 Å². The number of pyridine rings is 1. The number of nitrogens with two attached hydrogens (primary N) is 1. The minimum atomic E-state index is -1.08. The first-order chi connectivity index (χ1) is 21.2. The third-order valence-electron chi connectivity index (χ3n) is 8.85. The molecule has 11 heteroatoms. The van der Waals surface area contributed by atoms with Gasteiger partial charge in [0.2, 0.25) is 5.91 Å². The summed E-state index contributed by atoms with van der Waals surface area (Å²) in [6.45, 7) is 4.41. The van der Waals surface area contributed by atoms with Crippen LogP contribution in [-0.2, 0) is 10.2 Å². The lowest BCUT2D eigenvalue weighted by Crippen LogP contribution is -2.40. The lowest BCUT2D eigenvalue weighted by atomic mass is 9.82. The Hall–Kier alpha value is -4.18. The summed E-state index contributed by atoms with van der Waals surface area (Å²) in [6, 6.07) is 9.61. The van der Waals surface area contributed by atoms with E-state index in [2.05, 4.69) is 10.3 Å². The molecule has 0 saturated heterocycles. The molecule has 0 bridgehead atoms. The Balaban J connectivity index is 1.22. The number of rotatable bonds is 10. The average molecular weight is 619 g/mol. The highest BCUT2D eigenvalue weighted by Crippen LogP contribution is 2.48. The van der Waals surface area contributed by atoms with Crippen LogP contribution in [0.3, 0.4) is 0 Å². The molecule has 7 rings (SSSR count). The lowest BCUT2D eigenvalue weighted by molar-refractivity contribution is -0.123. The molecule has 2 aromatic carbocycles. The highest BCUT2D eigenvalue weighted by atomic mass is 35.5. The van der Waals surface area contributed by atoms with Crippen LogP contribution in [0, 0.1) is 11.7 Å². The van der Waals surface area contributed by atoms with Crippen molar-refractivity contribution in [1.29, 1.82) is 0 Å². The van der Waals surface area contributed by atoms with Crippen molar-refractivity contribution >= 4 is 34.5 Å². The maximum absolute atomic E-state index is 14.0. The summed E-state index contributed by atoms with van der Waals surface area (Å²) in [5.74, 6) is 0.716. The van der Waals surface area contributed by atoms with Crippen molar-refractivity contribution in [3.05, 3.63) is 69.9 Å². The largest absolute Gasteiger partial charge is 0.491 e. The predicted octanol–water partition coefficient (Wildman–Crippen LogP) is 6.02. The second kappa shape index (κ2) is 10.8. The smallest absolute Gasteiger partial charge is 0.251 e. The van der Waals surface area contributed by atoms with Crippen LogP contribution in [0.4, 0.5) is 4.39 Å². The molecule has 1 aliphatic heterocycles. The summed E-state index contributed by atoms with van der Waals surface area (Å²) in [4.78, 5) is 35.8. The van der Waals surface area contributed by atoms with E-state index < -0.39 is 17.1 Å². The Kier molecular flexibility index (Phi) is 6.99. The van der Waals surface area contributed by atoms with E-state index in [-0.39, 0.29) is 29.4 Å². The van der Waals surface area contributed by atoms with Gasteiger partial charge in [-0.3, -0.25) is 9.59 Å². The van der Waals surface area contributed by atoms with Gasteiger partial charge < -0.3 is 24.9 Å². The highest BCUT2D eigenvalue weighted by molar-refractivity contribution is 6.31. The van der Waals surface area contributed by atoms with E-state index in [1.54, 1.807) is 25.1 Å². The number of amides is 2. The number of benzene rings is 2. The van der Waals surface area contributed by atoms with Gasteiger partial charge in [0, 0.05) is 40.8 Å². The van der Waals surface area contributed by atoms with Gasteiger partial charge in [-0.15, -0.1) is 0 Å². The fourth-order valence-electron chi connectivity index (χ4n) is 5.87. The quantitative estimate of drug-likeness (QED) is 0.222. The highest BCUT2D eigenvalue weighted by Gasteiger charge is 2.45. The summed E-state index contributed by atoms with van der Waals surface area (Å²) in [5.41, 5.74) is 8.63. The lowest BCUT2D eigenvalue weighted by Gasteiger charge is -2.22. The maximum Gasteiger partial charge on any atom is 0.251 e. The van der Waals surface area contributed by atoms with Crippen molar-refractivity contribution in [2.75, 3.05) is 19.8 Å². The van der Waals surface area contributed by atoms with E-state index in [9.17, 15) is 14.0 Å². The number of hydrogen-bond donors (Lipinski definition) is 2. The maximum atomic E-state index is 14.0. The molecule has 2 saturated carbocycles. The Morgan fingerprint density at radius 2 is 1.98 bits per heavy atom. The molecule has 3 aliphatic rings. The van der Waals surface area contributed by atoms with Crippen LogP contribution in [0.25, 0.3) is 22.4 Å². The van der Waals surface area contributed by atoms with Gasteiger partial charge in [-0.1, -0.05) is 11.6 Å². The van der Waals surface area contributed by atoms with Crippen molar-refractivity contribution in [2.45, 2.75) is 56.8 Å². The predicted molar refractivity (Wildman–Crippen MR) is 162 cm³/mol. The number of nitrogens with zero attached hydrogens (tertiary/aromatic N) is 2. The number of fused-ring (bicyclic) bond motifs is 2. The van der Waals surface area contributed by atoms with Crippen molar-refractivity contribution in [1.82, 2.24) is 15.3 Å². The molecule has 3 heterocycles. The second-order valence-electron chi connectivity index (χ2n) is 12.1.